The Balaban J connectivity index is -0.000000549. The van der Waals surface area contributed by atoms with Gasteiger partial charge in [-0.3, -0.25) is 15.0 Å². The van der Waals surface area contributed by atoms with Crippen LogP contribution in [0, 0.1) is 18.3 Å². The summed E-state index contributed by atoms with van der Waals surface area (Å²) < 4.78 is 25.9. The average Bonchev–Trinajstić information content (AvgIpc) is 3.01. The molecule has 12 heteroatoms. The summed E-state index contributed by atoms with van der Waals surface area (Å²) in [6, 6.07) is 13.7. The van der Waals surface area contributed by atoms with E-state index in [1.165, 1.54) is 25.0 Å². The number of rotatable bonds is 8. The van der Waals surface area contributed by atoms with Crippen molar-refractivity contribution in [3.05, 3.63) is 59.7 Å². The van der Waals surface area contributed by atoms with Gasteiger partial charge >= 0.3 is 0 Å². The van der Waals surface area contributed by atoms with E-state index >= 15 is 0 Å². The number of aryl methyl sites for hydroxylation is 1. The predicted octanol–water partition coefficient (Wildman–Crippen LogP) is 4.44. The van der Waals surface area contributed by atoms with Crippen molar-refractivity contribution < 1.29 is 18.0 Å². The normalized spacial score (nSPS) is 11.9. The van der Waals surface area contributed by atoms with Crippen LogP contribution in [0.2, 0.25) is 0 Å². The number of hydrogen-bond donors (Lipinski definition) is 6. The second-order valence-corrected chi connectivity index (χ2v) is 10.9. The van der Waals surface area contributed by atoms with Gasteiger partial charge in [0, 0.05) is 43.9 Å². The SMILES string of the molecule is CC.CC.CC1CCN(C=O)CC1.CCN.CCNS(=O)(=O)c1cccc(NC(=O)CCN)c1.Cc1cccc(C(=N)N)c1. The first-order valence-electron chi connectivity index (χ1n) is 15.3. The van der Waals surface area contributed by atoms with Crippen LogP contribution in [-0.4, -0.2) is 64.2 Å². The number of nitrogens with two attached hydrogens (primary N) is 3. The predicted molar refractivity (Wildman–Crippen MR) is 185 cm³/mol. The number of sulfonamides is 1. The molecule has 3 rings (SSSR count). The van der Waals surface area contributed by atoms with E-state index < -0.39 is 10.0 Å². The third kappa shape index (κ3) is 22.3. The van der Waals surface area contributed by atoms with Gasteiger partial charge in [0.05, 0.1) is 4.90 Å². The highest BCUT2D eigenvalue weighted by molar-refractivity contribution is 7.89. The third-order valence-electron chi connectivity index (χ3n) is 5.43. The Hall–Kier alpha value is -3.32. The van der Waals surface area contributed by atoms with Crippen molar-refractivity contribution in [2.24, 2.45) is 23.1 Å². The molecule has 2 aromatic rings. The number of carbonyl (C=O) groups excluding carboxylic acids is 2. The van der Waals surface area contributed by atoms with E-state index in [2.05, 4.69) is 17.0 Å². The van der Waals surface area contributed by atoms with Crippen molar-refractivity contribution >= 4 is 33.9 Å². The van der Waals surface area contributed by atoms with Crippen LogP contribution < -0.4 is 27.2 Å². The quantitative estimate of drug-likeness (QED) is 0.140. The second kappa shape index (κ2) is 28.5. The molecule has 1 aliphatic heterocycles. The van der Waals surface area contributed by atoms with Crippen molar-refractivity contribution in [2.75, 3.05) is 38.0 Å². The maximum absolute atomic E-state index is 11.8. The summed E-state index contributed by atoms with van der Waals surface area (Å²) >= 11 is 0. The molecule has 9 N–H and O–H groups in total. The van der Waals surface area contributed by atoms with Gasteiger partial charge in [-0.25, -0.2) is 13.1 Å². The van der Waals surface area contributed by atoms with Crippen molar-refractivity contribution in [1.82, 2.24) is 9.62 Å². The number of amides is 2. The monoisotopic (exact) mass is 637 g/mol. The molecule has 0 saturated carbocycles. The summed E-state index contributed by atoms with van der Waals surface area (Å²) in [5.74, 6) is 0.709. The van der Waals surface area contributed by atoms with Crippen LogP contribution in [0.1, 0.15) is 78.9 Å². The van der Waals surface area contributed by atoms with Gasteiger partial charge in [0.1, 0.15) is 5.84 Å². The maximum atomic E-state index is 11.8. The molecular weight excluding hydrogens is 578 g/mol. The van der Waals surface area contributed by atoms with Crippen LogP contribution in [0.25, 0.3) is 0 Å². The number of benzene rings is 2. The van der Waals surface area contributed by atoms with E-state index in [9.17, 15) is 18.0 Å². The number of carbonyl (C=O) groups is 2. The molecule has 1 aliphatic rings. The van der Waals surface area contributed by atoms with Gasteiger partial charge in [-0.05, 0) is 56.5 Å². The summed E-state index contributed by atoms with van der Waals surface area (Å²) in [7, 11) is -3.51. The lowest BCUT2D eigenvalue weighted by Gasteiger charge is -2.26. The van der Waals surface area contributed by atoms with Crippen molar-refractivity contribution in [1.29, 1.82) is 5.41 Å². The fourth-order valence-electron chi connectivity index (χ4n) is 3.32. The highest BCUT2D eigenvalue weighted by atomic mass is 32.2. The molecule has 1 heterocycles. The molecular formula is C32H59N7O4S. The fraction of sp³-hybridized carbons (Fsp3) is 0.531. The Morgan fingerprint density at radius 1 is 1.02 bits per heavy atom. The van der Waals surface area contributed by atoms with Crippen LogP contribution in [-0.2, 0) is 19.6 Å². The lowest BCUT2D eigenvalue weighted by Crippen LogP contribution is -2.31. The number of amidine groups is 1. The molecule has 0 aliphatic carbocycles. The first kappa shape index (κ1) is 45.1. The van der Waals surface area contributed by atoms with Crippen molar-refractivity contribution in [3.63, 3.8) is 0 Å². The van der Waals surface area contributed by atoms with E-state index in [0.29, 0.717) is 12.2 Å². The van der Waals surface area contributed by atoms with E-state index in [1.54, 1.807) is 19.1 Å². The smallest absolute Gasteiger partial charge is 0.240 e. The van der Waals surface area contributed by atoms with Gasteiger partial charge in [-0.15, -0.1) is 0 Å². The summed E-state index contributed by atoms with van der Waals surface area (Å²) in [5, 5.41) is 9.70. The topological polar surface area (TPSA) is 197 Å². The number of nitrogen functional groups attached to an aromatic ring is 1. The Morgan fingerprint density at radius 2 is 1.57 bits per heavy atom. The van der Waals surface area contributed by atoms with Gasteiger partial charge < -0.3 is 27.4 Å². The molecule has 0 spiro atoms. The van der Waals surface area contributed by atoms with E-state index in [1.807, 2.05) is 70.7 Å². The maximum Gasteiger partial charge on any atom is 0.240 e. The van der Waals surface area contributed by atoms with Crippen molar-refractivity contribution in [3.8, 4) is 0 Å². The Morgan fingerprint density at radius 3 is 2.00 bits per heavy atom. The van der Waals surface area contributed by atoms with Gasteiger partial charge in [0.2, 0.25) is 22.3 Å². The number of piperidine rings is 1. The minimum atomic E-state index is -3.51. The summed E-state index contributed by atoms with van der Waals surface area (Å²) in [5.41, 5.74) is 17.7. The molecule has 2 amide bonds. The minimum Gasteiger partial charge on any atom is -0.384 e. The van der Waals surface area contributed by atoms with Crippen LogP contribution in [0.4, 0.5) is 5.69 Å². The molecule has 0 radical (unpaired) electrons. The second-order valence-electron chi connectivity index (χ2n) is 9.13. The lowest BCUT2D eigenvalue weighted by atomic mass is 10.00. The zero-order valence-electron chi connectivity index (χ0n) is 28.2. The Kier molecular flexibility index (Phi) is 29.2. The molecule has 252 valence electrons. The summed E-state index contributed by atoms with van der Waals surface area (Å²) in [6.45, 7) is 19.1. The third-order valence-corrected chi connectivity index (χ3v) is 6.97. The standard InChI is InChI=1S/C11H17N3O3S.C8H10N2.C7H13NO.C2H7N.2C2H6/c1-2-13-18(16,17)10-5-3-4-9(8-10)14-11(15)6-7-12;1-6-3-2-4-7(5-6)8(9)10;1-7-2-4-8(6-9)5-3-7;1-2-3;2*1-2/h3-5,8,13H,2,6-7,12H2,1H3,(H,14,15);2-5H,1H3,(H3,9,10);6-7H,2-5H2,1H3;2-3H2,1H3;2*1-2H3. The van der Waals surface area contributed by atoms with Gasteiger partial charge in [-0.1, -0.05) is 78.3 Å². The zero-order chi connectivity index (χ0) is 34.6. The van der Waals surface area contributed by atoms with Gasteiger partial charge in [0.15, 0.2) is 0 Å². The largest absolute Gasteiger partial charge is 0.384 e. The zero-order valence-corrected chi connectivity index (χ0v) is 29.0. The number of anilines is 1. The molecule has 1 fully saturated rings. The number of hydrogen-bond acceptors (Lipinski definition) is 7. The van der Waals surface area contributed by atoms with Crippen LogP contribution in [0.5, 0.6) is 0 Å². The van der Waals surface area contributed by atoms with Gasteiger partial charge in [-0.2, -0.15) is 0 Å². The molecule has 11 nitrogen and oxygen atoms in total. The summed E-state index contributed by atoms with van der Waals surface area (Å²) in [4.78, 5) is 23.5. The lowest BCUT2D eigenvalue weighted by molar-refractivity contribution is -0.119. The first-order chi connectivity index (χ1) is 20.9. The van der Waals surface area contributed by atoms with Crippen molar-refractivity contribution in [2.45, 2.75) is 79.5 Å². The number of likely N-dealkylation sites (tertiary alicyclic amines) is 1. The fourth-order valence-corrected chi connectivity index (χ4v) is 4.40. The van der Waals surface area contributed by atoms with Gasteiger partial charge in [0.25, 0.3) is 0 Å². The highest BCUT2D eigenvalue weighted by Gasteiger charge is 2.14. The molecule has 1 saturated heterocycles. The highest BCUT2D eigenvalue weighted by Crippen LogP contribution is 2.15. The average molecular weight is 638 g/mol. The molecule has 2 aromatic carbocycles. The molecule has 0 aromatic heterocycles. The van der Waals surface area contributed by atoms with Crippen LogP contribution in [0.3, 0.4) is 0 Å². The Bertz CT molecular complexity index is 1140. The molecule has 0 bridgehead atoms. The van der Waals surface area contributed by atoms with E-state index in [0.717, 1.165) is 43.1 Å². The van der Waals surface area contributed by atoms with Crippen LogP contribution in [0.15, 0.2) is 53.4 Å². The Labute approximate surface area is 266 Å². The van der Waals surface area contributed by atoms with Crippen LogP contribution >= 0.6 is 0 Å². The molecule has 0 atom stereocenters. The number of nitrogens with one attached hydrogen (secondary N) is 3. The number of nitrogens with zero attached hydrogens (tertiary/aromatic N) is 1. The first-order valence-corrected chi connectivity index (χ1v) is 16.8. The molecule has 44 heavy (non-hydrogen) atoms. The minimum absolute atomic E-state index is 0.120. The van der Waals surface area contributed by atoms with E-state index in [4.69, 9.17) is 22.6 Å². The van der Waals surface area contributed by atoms with E-state index in [-0.39, 0.29) is 29.6 Å². The summed E-state index contributed by atoms with van der Waals surface area (Å²) in [6.07, 6.45) is 3.51. The molecule has 0 unspecified atom stereocenters.